The highest BCUT2D eigenvalue weighted by Crippen LogP contribution is 2.37. The first kappa shape index (κ1) is 11.5. The average molecular weight is 245 g/mol. The molecule has 2 unspecified atom stereocenters. The van der Waals surface area contributed by atoms with E-state index in [1.54, 1.807) is 0 Å². The predicted molar refractivity (Wildman–Crippen MR) is 72.8 cm³/mol. The maximum absolute atomic E-state index is 6.10. The molecule has 0 aliphatic carbocycles. The van der Waals surface area contributed by atoms with Gasteiger partial charge in [-0.2, -0.15) is 0 Å². The van der Waals surface area contributed by atoms with Gasteiger partial charge >= 0.3 is 0 Å². The van der Waals surface area contributed by atoms with Gasteiger partial charge in [-0.1, -0.05) is 18.2 Å². The fraction of sp³-hybridized carbons (Fsp3) is 0.500. The van der Waals surface area contributed by atoms with Gasteiger partial charge in [0.15, 0.2) is 5.96 Å². The number of nitrogens with zero attached hydrogens (tertiary/aromatic N) is 2. The minimum absolute atomic E-state index is 0.0170. The third-order valence-electron chi connectivity index (χ3n) is 3.89. The number of rotatable bonds is 1. The topological polar surface area (TPSA) is 50.9 Å². The van der Waals surface area contributed by atoms with Crippen LogP contribution in [0.5, 0.6) is 0 Å². The molecule has 4 nitrogen and oxygen atoms in total. The van der Waals surface area contributed by atoms with Crippen molar-refractivity contribution in [3.63, 3.8) is 0 Å². The van der Waals surface area contributed by atoms with Gasteiger partial charge in [0.2, 0.25) is 0 Å². The molecule has 1 saturated heterocycles. The molecule has 3 rings (SSSR count). The van der Waals surface area contributed by atoms with E-state index in [0.717, 1.165) is 31.7 Å². The van der Waals surface area contributed by atoms with Crippen LogP contribution in [-0.2, 0) is 4.74 Å². The lowest BCUT2D eigenvalue weighted by Crippen LogP contribution is -2.56. The molecule has 0 radical (unpaired) electrons. The number of hydrogen-bond acceptors (Lipinski definition) is 4. The van der Waals surface area contributed by atoms with E-state index in [1.807, 2.05) is 18.2 Å². The Hall–Kier alpha value is -1.55. The summed E-state index contributed by atoms with van der Waals surface area (Å²) in [4.78, 5) is 6.67. The van der Waals surface area contributed by atoms with Crippen molar-refractivity contribution in [1.82, 2.24) is 0 Å². The van der Waals surface area contributed by atoms with Gasteiger partial charge in [-0.25, -0.2) is 0 Å². The van der Waals surface area contributed by atoms with E-state index in [0.29, 0.717) is 5.96 Å². The van der Waals surface area contributed by atoms with Crippen molar-refractivity contribution in [2.75, 3.05) is 18.1 Å². The van der Waals surface area contributed by atoms with Crippen molar-refractivity contribution in [3.05, 3.63) is 30.3 Å². The molecule has 2 aliphatic rings. The molecule has 4 heteroatoms. The van der Waals surface area contributed by atoms with Gasteiger partial charge in [0, 0.05) is 12.3 Å². The monoisotopic (exact) mass is 245 g/mol. The van der Waals surface area contributed by atoms with Gasteiger partial charge in [-0.3, -0.25) is 4.99 Å². The number of ether oxygens (including phenoxy) is 1. The van der Waals surface area contributed by atoms with Crippen LogP contribution in [0.3, 0.4) is 0 Å². The van der Waals surface area contributed by atoms with E-state index < -0.39 is 0 Å². The van der Waals surface area contributed by atoms with Crippen LogP contribution in [0.2, 0.25) is 0 Å². The summed E-state index contributed by atoms with van der Waals surface area (Å²) in [5.41, 5.74) is 7.24. The molecule has 1 aromatic carbocycles. The van der Waals surface area contributed by atoms with E-state index >= 15 is 0 Å². The van der Waals surface area contributed by atoms with Crippen LogP contribution in [0.1, 0.15) is 19.8 Å². The molecule has 2 heterocycles. The summed E-state index contributed by atoms with van der Waals surface area (Å²) in [5.74, 6) is 0.635. The molecule has 1 aromatic rings. The number of anilines is 1. The van der Waals surface area contributed by atoms with Crippen LogP contribution in [0.15, 0.2) is 35.3 Å². The van der Waals surface area contributed by atoms with E-state index in [1.165, 1.54) is 0 Å². The van der Waals surface area contributed by atoms with Crippen LogP contribution in [0, 0.1) is 0 Å². The lowest BCUT2D eigenvalue weighted by molar-refractivity contribution is -0.00246. The first-order valence-corrected chi connectivity index (χ1v) is 6.48. The molecule has 1 fully saturated rings. The summed E-state index contributed by atoms with van der Waals surface area (Å²) in [6.45, 7) is 3.69. The molecule has 0 amide bonds. The number of guanidine groups is 1. The third-order valence-corrected chi connectivity index (χ3v) is 3.89. The van der Waals surface area contributed by atoms with Crippen LogP contribution in [0.25, 0.3) is 0 Å². The number of benzene rings is 1. The summed E-state index contributed by atoms with van der Waals surface area (Å²) in [7, 11) is 0. The molecule has 2 atom stereocenters. The van der Waals surface area contributed by atoms with Gasteiger partial charge in [-0.05, 0) is 31.9 Å². The van der Waals surface area contributed by atoms with E-state index in [4.69, 9.17) is 10.5 Å². The minimum Gasteiger partial charge on any atom is -0.378 e. The zero-order valence-electron chi connectivity index (χ0n) is 10.7. The fourth-order valence-electron chi connectivity index (χ4n) is 3.09. The molecule has 0 saturated carbocycles. The highest BCUT2D eigenvalue weighted by Gasteiger charge is 2.45. The Labute approximate surface area is 107 Å². The Morgan fingerprint density at radius 2 is 2.17 bits per heavy atom. The largest absolute Gasteiger partial charge is 0.378 e. The zero-order chi connectivity index (χ0) is 12.6. The van der Waals surface area contributed by atoms with Crippen LogP contribution < -0.4 is 10.6 Å². The highest BCUT2D eigenvalue weighted by atomic mass is 16.5. The molecule has 2 aliphatic heterocycles. The Bertz CT molecular complexity index is 459. The van der Waals surface area contributed by atoms with Crippen LogP contribution in [0.4, 0.5) is 5.69 Å². The summed E-state index contributed by atoms with van der Waals surface area (Å²) in [5, 5.41) is 0. The summed E-state index contributed by atoms with van der Waals surface area (Å²) in [6.07, 6.45) is 2.23. The summed E-state index contributed by atoms with van der Waals surface area (Å²) in [6, 6.07) is 10.3. The Morgan fingerprint density at radius 1 is 1.39 bits per heavy atom. The Kier molecular flexibility index (Phi) is 2.74. The maximum atomic E-state index is 6.10. The number of para-hydroxylation sites is 1. The third kappa shape index (κ3) is 1.77. The predicted octanol–water partition coefficient (Wildman–Crippen LogP) is 1.76. The molecule has 96 valence electrons. The smallest absolute Gasteiger partial charge is 0.196 e. The number of aliphatic imine (C=N–C) groups is 1. The highest BCUT2D eigenvalue weighted by molar-refractivity contribution is 5.98. The van der Waals surface area contributed by atoms with E-state index in [2.05, 4.69) is 28.9 Å². The Morgan fingerprint density at radius 3 is 2.89 bits per heavy atom. The van der Waals surface area contributed by atoms with Gasteiger partial charge < -0.3 is 15.4 Å². The van der Waals surface area contributed by atoms with Crippen molar-refractivity contribution in [2.24, 2.45) is 10.7 Å². The molecular formula is C14H19N3O. The summed E-state index contributed by atoms with van der Waals surface area (Å²) >= 11 is 0. The van der Waals surface area contributed by atoms with Crippen molar-refractivity contribution < 1.29 is 4.74 Å². The average Bonchev–Trinajstić information content (AvgIpc) is 2.67. The second-order valence-electron chi connectivity index (χ2n) is 5.21. The zero-order valence-corrected chi connectivity index (χ0v) is 10.7. The van der Waals surface area contributed by atoms with Crippen molar-refractivity contribution in [3.8, 4) is 0 Å². The number of nitrogens with two attached hydrogens (primary N) is 1. The quantitative estimate of drug-likeness (QED) is 0.820. The first-order valence-electron chi connectivity index (χ1n) is 6.48. The van der Waals surface area contributed by atoms with Gasteiger partial charge in [0.25, 0.3) is 0 Å². The van der Waals surface area contributed by atoms with Gasteiger partial charge in [0.1, 0.15) is 0 Å². The van der Waals surface area contributed by atoms with Crippen LogP contribution >= 0.6 is 0 Å². The van der Waals surface area contributed by atoms with Crippen molar-refractivity contribution in [1.29, 1.82) is 0 Å². The normalized spacial score (nSPS) is 31.7. The lowest BCUT2D eigenvalue weighted by atomic mass is 9.85. The van der Waals surface area contributed by atoms with Crippen molar-refractivity contribution >= 4 is 11.6 Å². The molecule has 18 heavy (non-hydrogen) atoms. The fourth-order valence-corrected chi connectivity index (χ4v) is 3.09. The first-order chi connectivity index (χ1) is 8.71. The van der Waals surface area contributed by atoms with E-state index in [-0.39, 0.29) is 11.6 Å². The molecule has 1 spiro atoms. The lowest BCUT2D eigenvalue weighted by Gasteiger charge is -2.43. The Balaban J connectivity index is 1.96. The second-order valence-corrected chi connectivity index (χ2v) is 5.21. The van der Waals surface area contributed by atoms with Crippen molar-refractivity contribution in [2.45, 2.75) is 31.4 Å². The standard InChI is InChI=1S/C14H19N3O/c1-11-9-14(7-8-18-11)10-16-13(15)17(14)12-5-3-2-4-6-12/h2-6,11H,7-10H2,1H3,(H2,15,16). The molecule has 2 N–H and O–H groups in total. The summed E-state index contributed by atoms with van der Waals surface area (Å²) < 4.78 is 5.67. The minimum atomic E-state index is 0.0170. The van der Waals surface area contributed by atoms with Gasteiger partial charge in [-0.15, -0.1) is 0 Å². The molecular weight excluding hydrogens is 226 g/mol. The SMILES string of the molecule is CC1CC2(CCO1)CN=C(N)N2c1ccccc1. The van der Waals surface area contributed by atoms with E-state index in [9.17, 15) is 0 Å². The molecule has 0 bridgehead atoms. The van der Waals surface area contributed by atoms with Gasteiger partial charge in [0.05, 0.1) is 18.2 Å². The van der Waals surface area contributed by atoms with Crippen LogP contribution in [-0.4, -0.2) is 30.8 Å². The number of hydrogen-bond donors (Lipinski definition) is 1. The maximum Gasteiger partial charge on any atom is 0.196 e. The molecule has 0 aromatic heterocycles. The second kappa shape index (κ2) is 4.28.